The van der Waals surface area contributed by atoms with Crippen molar-refractivity contribution < 1.29 is 5.11 Å². The summed E-state index contributed by atoms with van der Waals surface area (Å²) in [6.45, 7) is 8.44. The van der Waals surface area contributed by atoms with Crippen LogP contribution in [-0.4, -0.2) is 19.9 Å². The average Bonchev–Trinajstić information content (AvgIpc) is 2.82. The third kappa shape index (κ3) is 3.70. The van der Waals surface area contributed by atoms with Gasteiger partial charge in [-0.2, -0.15) is 5.10 Å². The molecule has 0 bridgehead atoms. The first-order valence-corrected chi connectivity index (χ1v) is 7.47. The van der Waals surface area contributed by atoms with Crippen molar-refractivity contribution in [2.24, 2.45) is 7.05 Å². The van der Waals surface area contributed by atoms with E-state index in [1.807, 2.05) is 25.5 Å². The van der Waals surface area contributed by atoms with Gasteiger partial charge in [-0.1, -0.05) is 33.8 Å². The summed E-state index contributed by atoms with van der Waals surface area (Å²) in [6, 6.07) is 4.07. The summed E-state index contributed by atoms with van der Waals surface area (Å²) in [6.07, 6.45) is 4.71. The molecule has 0 aliphatic rings. The molecule has 0 amide bonds. The maximum Gasteiger partial charge on any atom is 0.0878 e. The number of aliphatic hydroxyl groups excluding tert-OH is 1. The van der Waals surface area contributed by atoms with Gasteiger partial charge in [0.15, 0.2) is 0 Å². The van der Waals surface area contributed by atoms with Gasteiger partial charge < -0.3 is 5.11 Å². The topological polar surface area (TPSA) is 50.9 Å². The number of aliphatic hydroxyl groups is 1. The molecule has 2 rings (SSSR count). The van der Waals surface area contributed by atoms with Crippen molar-refractivity contribution in [3.05, 3.63) is 47.0 Å². The van der Waals surface area contributed by atoms with E-state index < -0.39 is 6.10 Å². The van der Waals surface area contributed by atoms with Crippen LogP contribution in [0.1, 0.15) is 56.3 Å². The molecule has 114 valence electrons. The summed E-state index contributed by atoms with van der Waals surface area (Å²) in [7, 11) is 1.89. The van der Waals surface area contributed by atoms with Crippen LogP contribution in [0.3, 0.4) is 0 Å². The molecule has 1 atom stereocenters. The van der Waals surface area contributed by atoms with E-state index in [2.05, 4.69) is 43.8 Å². The van der Waals surface area contributed by atoms with Crippen molar-refractivity contribution in [3.63, 3.8) is 0 Å². The summed E-state index contributed by atoms with van der Waals surface area (Å²) >= 11 is 0. The molecule has 1 unspecified atom stereocenters. The Kier molecular flexibility index (Phi) is 4.47. The zero-order valence-corrected chi connectivity index (χ0v) is 13.6. The zero-order valence-electron chi connectivity index (χ0n) is 13.6. The summed E-state index contributed by atoms with van der Waals surface area (Å²) in [5, 5.41) is 15.1. The molecule has 0 fully saturated rings. The molecule has 2 aromatic heterocycles. The Labute approximate surface area is 126 Å². The Hall–Kier alpha value is -1.68. The molecule has 0 aliphatic carbocycles. The van der Waals surface area contributed by atoms with Gasteiger partial charge in [-0.3, -0.25) is 9.67 Å². The lowest BCUT2D eigenvalue weighted by molar-refractivity contribution is 0.174. The zero-order chi connectivity index (χ0) is 15.6. The van der Waals surface area contributed by atoms with E-state index in [4.69, 9.17) is 0 Å². The molecule has 2 heterocycles. The Morgan fingerprint density at radius 2 is 2.00 bits per heavy atom. The smallest absolute Gasteiger partial charge is 0.0878 e. The number of aromatic nitrogens is 3. The van der Waals surface area contributed by atoms with Crippen molar-refractivity contribution in [1.82, 2.24) is 14.8 Å². The molecule has 0 saturated carbocycles. The minimum absolute atomic E-state index is 0.0862. The summed E-state index contributed by atoms with van der Waals surface area (Å²) < 4.78 is 1.77. The fourth-order valence-corrected chi connectivity index (χ4v) is 2.43. The van der Waals surface area contributed by atoms with Gasteiger partial charge in [-0.15, -0.1) is 0 Å². The highest BCUT2D eigenvalue weighted by atomic mass is 16.3. The Bertz CT molecular complexity index is 593. The van der Waals surface area contributed by atoms with Crippen LogP contribution in [0.2, 0.25) is 0 Å². The molecular formula is C17H25N3O. The maximum absolute atomic E-state index is 10.6. The highest BCUT2D eigenvalue weighted by Gasteiger charge is 2.25. The summed E-state index contributed by atoms with van der Waals surface area (Å²) in [5.41, 5.74) is 3.87. The van der Waals surface area contributed by atoms with Crippen LogP contribution in [0.5, 0.6) is 0 Å². The van der Waals surface area contributed by atoms with Crippen LogP contribution < -0.4 is 0 Å². The molecule has 4 nitrogen and oxygen atoms in total. The van der Waals surface area contributed by atoms with Crippen LogP contribution in [0.15, 0.2) is 24.5 Å². The fourth-order valence-electron chi connectivity index (χ4n) is 2.43. The molecule has 0 spiro atoms. The second kappa shape index (κ2) is 5.98. The van der Waals surface area contributed by atoms with Crippen LogP contribution in [0.25, 0.3) is 0 Å². The Balaban J connectivity index is 2.21. The van der Waals surface area contributed by atoms with E-state index in [-0.39, 0.29) is 5.41 Å². The molecule has 0 saturated heterocycles. The van der Waals surface area contributed by atoms with Gasteiger partial charge in [0.05, 0.1) is 11.8 Å². The number of nitrogens with zero attached hydrogens (tertiary/aromatic N) is 3. The monoisotopic (exact) mass is 287 g/mol. The third-order valence-electron chi connectivity index (χ3n) is 3.62. The number of aryl methyl sites for hydroxylation is 2. The lowest BCUT2D eigenvalue weighted by Crippen LogP contribution is -2.17. The third-order valence-corrected chi connectivity index (χ3v) is 3.62. The molecule has 2 aromatic rings. The quantitative estimate of drug-likeness (QED) is 0.940. The van der Waals surface area contributed by atoms with Crippen molar-refractivity contribution >= 4 is 0 Å². The van der Waals surface area contributed by atoms with Crippen LogP contribution in [0, 0.1) is 0 Å². The van der Waals surface area contributed by atoms with Gasteiger partial charge in [0.25, 0.3) is 0 Å². The first kappa shape index (κ1) is 15.7. The molecule has 4 heteroatoms. The Morgan fingerprint density at radius 1 is 1.29 bits per heavy atom. The van der Waals surface area contributed by atoms with Gasteiger partial charge >= 0.3 is 0 Å². The molecule has 21 heavy (non-hydrogen) atoms. The minimum Gasteiger partial charge on any atom is -0.388 e. The number of pyridine rings is 1. The molecule has 0 aromatic carbocycles. The SMILES string of the molecule is CCc1ccc(CC(O)c2cn(C)nc2C(C)(C)C)nc1. The largest absolute Gasteiger partial charge is 0.388 e. The van der Waals surface area contributed by atoms with Gasteiger partial charge in [0, 0.05) is 42.5 Å². The summed E-state index contributed by atoms with van der Waals surface area (Å²) in [5.74, 6) is 0. The highest BCUT2D eigenvalue weighted by Crippen LogP contribution is 2.29. The number of hydrogen-bond acceptors (Lipinski definition) is 3. The van der Waals surface area contributed by atoms with Crippen LogP contribution in [-0.2, 0) is 25.3 Å². The van der Waals surface area contributed by atoms with Crippen LogP contribution in [0.4, 0.5) is 0 Å². The van der Waals surface area contributed by atoms with Crippen molar-refractivity contribution in [3.8, 4) is 0 Å². The average molecular weight is 287 g/mol. The lowest BCUT2D eigenvalue weighted by atomic mass is 9.87. The number of hydrogen-bond donors (Lipinski definition) is 1. The fraction of sp³-hybridized carbons (Fsp3) is 0.529. The summed E-state index contributed by atoms with van der Waals surface area (Å²) in [4.78, 5) is 4.43. The van der Waals surface area contributed by atoms with Gasteiger partial charge in [-0.25, -0.2) is 0 Å². The van der Waals surface area contributed by atoms with Gasteiger partial charge in [-0.05, 0) is 18.1 Å². The maximum atomic E-state index is 10.6. The van der Waals surface area contributed by atoms with E-state index in [1.165, 1.54) is 5.56 Å². The van der Waals surface area contributed by atoms with Gasteiger partial charge in [0.2, 0.25) is 0 Å². The van der Waals surface area contributed by atoms with Gasteiger partial charge in [0.1, 0.15) is 0 Å². The predicted molar refractivity (Wildman–Crippen MR) is 84.2 cm³/mol. The molecular weight excluding hydrogens is 262 g/mol. The second-order valence-corrected chi connectivity index (χ2v) is 6.59. The van der Waals surface area contributed by atoms with E-state index in [9.17, 15) is 5.11 Å². The molecule has 0 aliphatic heterocycles. The highest BCUT2D eigenvalue weighted by molar-refractivity contribution is 5.27. The normalized spacial score (nSPS) is 13.4. The van der Waals surface area contributed by atoms with E-state index >= 15 is 0 Å². The first-order valence-electron chi connectivity index (χ1n) is 7.47. The van der Waals surface area contributed by atoms with Crippen molar-refractivity contribution in [1.29, 1.82) is 0 Å². The minimum atomic E-state index is -0.576. The first-order chi connectivity index (χ1) is 9.81. The molecule has 0 radical (unpaired) electrons. The van der Waals surface area contributed by atoms with Crippen molar-refractivity contribution in [2.45, 2.75) is 52.1 Å². The van der Waals surface area contributed by atoms with E-state index in [0.717, 1.165) is 23.4 Å². The standard InChI is InChI=1S/C17H25N3O/c1-6-12-7-8-13(18-10-12)9-15(21)14-11-20(5)19-16(14)17(2,3)4/h7-8,10-11,15,21H,6,9H2,1-5H3. The van der Waals surface area contributed by atoms with Crippen LogP contribution >= 0.6 is 0 Å². The van der Waals surface area contributed by atoms with Crippen molar-refractivity contribution in [2.75, 3.05) is 0 Å². The van der Waals surface area contributed by atoms with E-state index in [0.29, 0.717) is 6.42 Å². The lowest BCUT2D eigenvalue weighted by Gasteiger charge is -2.19. The number of rotatable bonds is 4. The predicted octanol–water partition coefficient (Wildman–Crippen LogP) is 2.95. The second-order valence-electron chi connectivity index (χ2n) is 6.59. The molecule has 1 N–H and O–H groups in total. The Morgan fingerprint density at radius 3 is 2.52 bits per heavy atom. The van der Waals surface area contributed by atoms with E-state index in [1.54, 1.807) is 4.68 Å².